The van der Waals surface area contributed by atoms with Gasteiger partial charge in [0.2, 0.25) is 0 Å². The van der Waals surface area contributed by atoms with Crippen LogP contribution in [0.3, 0.4) is 0 Å². The highest BCUT2D eigenvalue weighted by atomic mass is 35.5. The number of benzene rings is 2. The largest absolute Gasteiger partial charge is 0.399 e. The third kappa shape index (κ3) is 2.99. The first kappa shape index (κ1) is 16.1. The molecule has 0 saturated carbocycles. The lowest BCUT2D eigenvalue weighted by Crippen LogP contribution is -2.11. The summed E-state index contributed by atoms with van der Waals surface area (Å²) in [5, 5.41) is 14.2. The highest BCUT2D eigenvalue weighted by Crippen LogP contribution is 2.34. The summed E-state index contributed by atoms with van der Waals surface area (Å²) in [6.45, 7) is 2.10. The molecule has 0 amide bonds. The van der Waals surface area contributed by atoms with Crippen LogP contribution in [-0.2, 0) is 0 Å². The highest BCUT2D eigenvalue weighted by Gasteiger charge is 2.16. The molecule has 0 unspecified atom stereocenters. The number of hydrogen-bond donors (Lipinski definition) is 2. The fraction of sp³-hybridized carbons (Fsp3) is 0.158. The average Bonchev–Trinajstić information content (AvgIpc) is 2.60. The van der Waals surface area contributed by atoms with Gasteiger partial charge < -0.3 is 11.1 Å². The summed E-state index contributed by atoms with van der Waals surface area (Å²) in [6.07, 6.45) is 2.42. The van der Waals surface area contributed by atoms with Crippen LogP contribution in [0.1, 0.15) is 30.5 Å². The molecule has 1 aromatic heterocycles. The van der Waals surface area contributed by atoms with E-state index in [0.717, 1.165) is 17.4 Å². The monoisotopic (exact) mass is 336 g/mol. The number of nitrogens with one attached hydrogen (secondary N) is 1. The summed E-state index contributed by atoms with van der Waals surface area (Å²) >= 11 is 6.26. The fourth-order valence-corrected chi connectivity index (χ4v) is 3.08. The molecule has 3 N–H and O–H groups in total. The van der Waals surface area contributed by atoms with Crippen LogP contribution in [0.25, 0.3) is 10.9 Å². The summed E-state index contributed by atoms with van der Waals surface area (Å²) in [4.78, 5) is 4.31. The quantitative estimate of drug-likeness (QED) is 0.664. The maximum absolute atomic E-state index is 9.48. The number of aromatic nitrogens is 1. The molecule has 0 aliphatic rings. The molecule has 1 heterocycles. The van der Waals surface area contributed by atoms with Crippen LogP contribution >= 0.6 is 11.6 Å². The van der Waals surface area contributed by atoms with Gasteiger partial charge in [0.25, 0.3) is 0 Å². The molecule has 1 atom stereocenters. The number of nitrogens with two attached hydrogens (primary N) is 1. The van der Waals surface area contributed by atoms with Gasteiger partial charge in [0.1, 0.15) is 6.07 Å². The second-order valence-electron chi connectivity index (χ2n) is 5.57. The van der Waals surface area contributed by atoms with Crippen LogP contribution < -0.4 is 11.1 Å². The molecule has 4 nitrogen and oxygen atoms in total. The van der Waals surface area contributed by atoms with Crippen LogP contribution in [0.5, 0.6) is 0 Å². The van der Waals surface area contributed by atoms with Gasteiger partial charge in [-0.25, -0.2) is 0 Å². The topological polar surface area (TPSA) is 74.7 Å². The van der Waals surface area contributed by atoms with Gasteiger partial charge in [-0.05, 0) is 24.1 Å². The van der Waals surface area contributed by atoms with Crippen LogP contribution in [-0.4, -0.2) is 4.98 Å². The lowest BCUT2D eigenvalue weighted by Gasteiger charge is -2.21. The molecule has 120 valence electrons. The average molecular weight is 337 g/mol. The third-order valence-corrected chi connectivity index (χ3v) is 4.28. The number of rotatable bonds is 4. The van der Waals surface area contributed by atoms with E-state index in [0.29, 0.717) is 27.5 Å². The molecule has 0 aliphatic heterocycles. The number of anilines is 2. The van der Waals surface area contributed by atoms with Crippen molar-refractivity contribution in [3.63, 3.8) is 0 Å². The fourth-order valence-electron chi connectivity index (χ4n) is 2.80. The van der Waals surface area contributed by atoms with Gasteiger partial charge >= 0.3 is 0 Å². The normalized spacial score (nSPS) is 11.9. The Morgan fingerprint density at radius 1 is 1.29 bits per heavy atom. The SMILES string of the molecule is CC[C@@H](Nc1c(C#N)cnc2c(Cl)cc(N)cc12)c1ccccc1. The van der Waals surface area contributed by atoms with Crippen molar-refractivity contribution in [2.75, 3.05) is 11.1 Å². The summed E-state index contributed by atoms with van der Waals surface area (Å²) in [5.74, 6) is 0. The van der Waals surface area contributed by atoms with Gasteiger partial charge in [-0.1, -0.05) is 48.9 Å². The minimum absolute atomic E-state index is 0.0732. The van der Waals surface area contributed by atoms with Gasteiger partial charge in [0.15, 0.2) is 0 Å². The molecular formula is C19H17ClN4. The number of halogens is 1. The second-order valence-corrected chi connectivity index (χ2v) is 5.98. The zero-order valence-electron chi connectivity index (χ0n) is 13.3. The van der Waals surface area contributed by atoms with Crippen molar-refractivity contribution >= 4 is 33.9 Å². The van der Waals surface area contributed by atoms with E-state index in [1.165, 1.54) is 0 Å². The first-order valence-corrected chi connectivity index (χ1v) is 8.11. The van der Waals surface area contributed by atoms with E-state index in [4.69, 9.17) is 17.3 Å². The Morgan fingerprint density at radius 2 is 2.04 bits per heavy atom. The Bertz CT molecular complexity index is 916. The molecule has 0 fully saturated rings. The molecule has 3 rings (SSSR count). The van der Waals surface area contributed by atoms with Crippen LogP contribution in [0.15, 0.2) is 48.7 Å². The Hall–Kier alpha value is -2.77. The number of pyridine rings is 1. The Morgan fingerprint density at radius 3 is 2.71 bits per heavy atom. The van der Waals surface area contributed by atoms with Crippen LogP contribution in [0, 0.1) is 11.3 Å². The molecule has 5 heteroatoms. The van der Waals surface area contributed by atoms with E-state index in [-0.39, 0.29) is 6.04 Å². The van der Waals surface area contributed by atoms with Crippen molar-refractivity contribution in [1.29, 1.82) is 5.26 Å². The lowest BCUT2D eigenvalue weighted by molar-refractivity contribution is 0.750. The first-order chi connectivity index (χ1) is 11.6. The van der Waals surface area contributed by atoms with E-state index in [2.05, 4.69) is 35.4 Å². The number of fused-ring (bicyclic) bond motifs is 1. The lowest BCUT2D eigenvalue weighted by atomic mass is 10.0. The Labute approximate surface area is 145 Å². The van der Waals surface area contributed by atoms with Gasteiger partial charge in [0.05, 0.1) is 27.8 Å². The maximum Gasteiger partial charge on any atom is 0.103 e. The van der Waals surface area contributed by atoms with Gasteiger partial charge in [-0.3, -0.25) is 4.98 Å². The predicted octanol–water partition coefficient (Wildman–Crippen LogP) is 4.91. The number of nitriles is 1. The van der Waals surface area contributed by atoms with Crippen molar-refractivity contribution in [1.82, 2.24) is 4.98 Å². The Balaban J connectivity index is 2.15. The molecular weight excluding hydrogens is 320 g/mol. The number of hydrogen-bond acceptors (Lipinski definition) is 4. The summed E-state index contributed by atoms with van der Waals surface area (Å²) in [5.41, 5.74) is 9.46. The zero-order valence-corrected chi connectivity index (χ0v) is 14.0. The molecule has 0 radical (unpaired) electrons. The number of nitrogen functional groups attached to an aromatic ring is 1. The molecule has 0 aliphatic carbocycles. The Kier molecular flexibility index (Phi) is 4.54. The van der Waals surface area contributed by atoms with Gasteiger partial charge in [-0.15, -0.1) is 0 Å². The van der Waals surface area contributed by atoms with Crippen LogP contribution in [0.2, 0.25) is 5.02 Å². The third-order valence-electron chi connectivity index (χ3n) is 4.00. The van der Waals surface area contributed by atoms with Crippen molar-refractivity contribution in [3.8, 4) is 6.07 Å². The number of nitrogens with zero attached hydrogens (tertiary/aromatic N) is 2. The minimum Gasteiger partial charge on any atom is -0.399 e. The molecule has 3 aromatic rings. The highest BCUT2D eigenvalue weighted by molar-refractivity contribution is 6.35. The van der Waals surface area contributed by atoms with Crippen molar-refractivity contribution in [3.05, 3.63) is 64.8 Å². The van der Waals surface area contributed by atoms with Gasteiger partial charge in [-0.2, -0.15) is 5.26 Å². The summed E-state index contributed by atoms with van der Waals surface area (Å²) < 4.78 is 0. The van der Waals surface area contributed by atoms with E-state index < -0.39 is 0 Å². The predicted molar refractivity (Wildman–Crippen MR) is 99.0 cm³/mol. The summed E-state index contributed by atoms with van der Waals surface area (Å²) in [6, 6.07) is 15.9. The molecule has 24 heavy (non-hydrogen) atoms. The molecule has 0 spiro atoms. The maximum atomic E-state index is 9.48. The van der Waals surface area contributed by atoms with E-state index >= 15 is 0 Å². The smallest absolute Gasteiger partial charge is 0.103 e. The molecule has 0 saturated heterocycles. The molecule has 0 bridgehead atoms. The molecule has 2 aromatic carbocycles. The van der Waals surface area contributed by atoms with Crippen molar-refractivity contribution in [2.45, 2.75) is 19.4 Å². The summed E-state index contributed by atoms with van der Waals surface area (Å²) in [7, 11) is 0. The van der Waals surface area contributed by atoms with Crippen LogP contribution in [0.4, 0.5) is 11.4 Å². The van der Waals surface area contributed by atoms with E-state index in [1.807, 2.05) is 18.2 Å². The second kappa shape index (κ2) is 6.77. The minimum atomic E-state index is 0.0732. The van der Waals surface area contributed by atoms with Gasteiger partial charge in [0, 0.05) is 17.3 Å². The van der Waals surface area contributed by atoms with Crippen molar-refractivity contribution in [2.24, 2.45) is 0 Å². The van der Waals surface area contributed by atoms with Crippen molar-refractivity contribution < 1.29 is 0 Å². The van der Waals surface area contributed by atoms with E-state index in [9.17, 15) is 5.26 Å². The standard InChI is InChI=1S/C19H17ClN4/c1-2-17(12-6-4-3-5-7-12)24-18-13(10-21)11-23-19-15(18)8-14(22)9-16(19)20/h3-9,11,17H,2,22H2,1H3,(H,23,24)/t17-/m1/s1. The van der Waals surface area contributed by atoms with E-state index in [1.54, 1.807) is 18.3 Å². The zero-order chi connectivity index (χ0) is 17.1. The first-order valence-electron chi connectivity index (χ1n) is 7.73.